The number of pyridine rings is 1. The van der Waals surface area contributed by atoms with E-state index >= 15 is 0 Å². The molecule has 1 N–H and O–H groups in total. The number of H-pyrrole nitrogens is 1. The molecule has 4 nitrogen and oxygen atoms in total. The molecule has 1 unspecified atom stereocenters. The summed E-state index contributed by atoms with van der Waals surface area (Å²) in [6.07, 6.45) is 6.52. The molecule has 0 aliphatic carbocycles. The lowest BCUT2D eigenvalue weighted by molar-refractivity contribution is 0.141. The Morgan fingerprint density at radius 1 is 1.00 bits per heavy atom. The van der Waals surface area contributed by atoms with E-state index in [-0.39, 0.29) is 11.4 Å². The predicted octanol–water partition coefficient (Wildman–Crippen LogP) is 3.05. The fourth-order valence-corrected chi connectivity index (χ4v) is 4.35. The van der Waals surface area contributed by atoms with Gasteiger partial charge in [0.1, 0.15) is 5.82 Å². The number of nitrogens with zero attached hydrogens (tertiary/aromatic N) is 2. The van der Waals surface area contributed by atoms with Crippen molar-refractivity contribution in [1.82, 2.24) is 9.88 Å². The number of aromatic amines is 1. The number of likely N-dealkylation sites (tertiary alicyclic amines) is 1. The quantitative estimate of drug-likeness (QED) is 0.916. The average molecular weight is 355 g/mol. The summed E-state index contributed by atoms with van der Waals surface area (Å²) in [5.74, 6) is 0.529. The minimum atomic E-state index is -0.172. The standard InChI is InChI=1S/C21H26FN3O/c22-18-2-4-19(5-3-18)25-12-9-20(15-25)24-10-7-16(8-11-24)13-17-1-6-21(26)23-14-17/h1-6,14,16,20H,7-13,15H2,(H,23,26). The van der Waals surface area contributed by atoms with Gasteiger partial charge in [-0.2, -0.15) is 0 Å². The van der Waals surface area contributed by atoms with E-state index in [0.717, 1.165) is 38.3 Å². The Hall–Kier alpha value is -2.14. The molecule has 5 heteroatoms. The average Bonchev–Trinajstić information content (AvgIpc) is 3.15. The lowest BCUT2D eigenvalue weighted by Gasteiger charge is -2.36. The largest absolute Gasteiger partial charge is 0.370 e. The molecule has 138 valence electrons. The highest BCUT2D eigenvalue weighted by Crippen LogP contribution is 2.28. The van der Waals surface area contributed by atoms with Crippen molar-refractivity contribution < 1.29 is 4.39 Å². The summed E-state index contributed by atoms with van der Waals surface area (Å²) >= 11 is 0. The maximum absolute atomic E-state index is 13.1. The number of hydrogen-bond acceptors (Lipinski definition) is 3. The molecular weight excluding hydrogens is 329 g/mol. The number of anilines is 1. The van der Waals surface area contributed by atoms with Crippen LogP contribution in [0.5, 0.6) is 0 Å². The molecule has 2 aromatic rings. The third-order valence-corrected chi connectivity index (χ3v) is 5.89. The lowest BCUT2D eigenvalue weighted by atomic mass is 9.90. The SMILES string of the molecule is O=c1ccc(CC2CCN(C3CCN(c4ccc(F)cc4)C3)CC2)c[nH]1. The first-order chi connectivity index (χ1) is 12.7. The van der Waals surface area contributed by atoms with E-state index in [4.69, 9.17) is 0 Å². The molecule has 2 aliphatic rings. The van der Waals surface area contributed by atoms with Crippen molar-refractivity contribution in [3.05, 3.63) is 64.3 Å². The van der Waals surface area contributed by atoms with Crippen molar-refractivity contribution >= 4 is 5.69 Å². The Morgan fingerprint density at radius 2 is 1.77 bits per heavy atom. The highest BCUT2D eigenvalue weighted by atomic mass is 19.1. The highest BCUT2D eigenvalue weighted by molar-refractivity contribution is 5.47. The van der Waals surface area contributed by atoms with Crippen LogP contribution in [0.4, 0.5) is 10.1 Å². The third kappa shape index (κ3) is 3.98. The van der Waals surface area contributed by atoms with Crippen LogP contribution in [-0.4, -0.2) is 42.1 Å². The Balaban J connectivity index is 1.28. The predicted molar refractivity (Wildman–Crippen MR) is 102 cm³/mol. The van der Waals surface area contributed by atoms with Crippen molar-refractivity contribution in [1.29, 1.82) is 0 Å². The van der Waals surface area contributed by atoms with Gasteiger partial charge in [0.05, 0.1) is 0 Å². The minimum absolute atomic E-state index is 0.0319. The van der Waals surface area contributed by atoms with Gasteiger partial charge in [0.2, 0.25) is 5.56 Å². The maximum atomic E-state index is 13.1. The summed E-state index contributed by atoms with van der Waals surface area (Å²) in [5.41, 5.74) is 2.32. The topological polar surface area (TPSA) is 39.3 Å². The van der Waals surface area contributed by atoms with Crippen molar-refractivity contribution in [2.75, 3.05) is 31.1 Å². The van der Waals surface area contributed by atoms with Crippen molar-refractivity contribution in [3.63, 3.8) is 0 Å². The van der Waals surface area contributed by atoms with Crippen LogP contribution in [0.25, 0.3) is 0 Å². The molecule has 0 spiro atoms. The van der Waals surface area contributed by atoms with Crippen LogP contribution in [0.2, 0.25) is 0 Å². The number of piperidine rings is 1. The van der Waals surface area contributed by atoms with Gasteiger partial charge in [-0.15, -0.1) is 0 Å². The molecule has 2 saturated heterocycles. The van der Waals surface area contributed by atoms with E-state index in [2.05, 4.69) is 14.8 Å². The minimum Gasteiger partial charge on any atom is -0.370 e. The van der Waals surface area contributed by atoms with Gasteiger partial charge in [-0.25, -0.2) is 4.39 Å². The van der Waals surface area contributed by atoms with Crippen LogP contribution < -0.4 is 10.5 Å². The summed E-state index contributed by atoms with van der Waals surface area (Å²) in [6, 6.07) is 11.0. The van der Waals surface area contributed by atoms with E-state index in [0.29, 0.717) is 12.0 Å². The molecule has 1 aromatic heterocycles. The van der Waals surface area contributed by atoms with E-state index in [9.17, 15) is 9.18 Å². The van der Waals surface area contributed by atoms with Gasteiger partial charge in [0, 0.05) is 37.1 Å². The van der Waals surface area contributed by atoms with Gasteiger partial charge in [-0.05, 0) is 74.5 Å². The first-order valence-electron chi connectivity index (χ1n) is 9.59. The first-order valence-corrected chi connectivity index (χ1v) is 9.59. The molecule has 1 aromatic carbocycles. The van der Waals surface area contributed by atoms with Gasteiger partial charge in [0.25, 0.3) is 0 Å². The second-order valence-electron chi connectivity index (χ2n) is 7.61. The van der Waals surface area contributed by atoms with Gasteiger partial charge >= 0.3 is 0 Å². The second-order valence-corrected chi connectivity index (χ2v) is 7.61. The Morgan fingerprint density at radius 3 is 2.46 bits per heavy atom. The van der Waals surface area contributed by atoms with Crippen LogP contribution in [0.15, 0.2) is 47.4 Å². The summed E-state index contributed by atoms with van der Waals surface area (Å²) in [7, 11) is 0. The fourth-order valence-electron chi connectivity index (χ4n) is 4.35. The zero-order valence-corrected chi connectivity index (χ0v) is 15.0. The zero-order valence-electron chi connectivity index (χ0n) is 15.0. The molecule has 0 radical (unpaired) electrons. The molecule has 0 bridgehead atoms. The van der Waals surface area contributed by atoms with Crippen LogP contribution in [0.1, 0.15) is 24.8 Å². The lowest BCUT2D eigenvalue weighted by Crippen LogP contribution is -2.43. The first kappa shape index (κ1) is 17.3. The van der Waals surface area contributed by atoms with Crippen molar-refractivity contribution in [3.8, 4) is 0 Å². The fraction of sp³-hybridized carbons (Fsp3) is 0.476. The maximum Gasteiger partial charge on any atom is 0.247 e. The number of aromatic nitrogens is 1. The smallest absolute Gasteiger partial charge is 0.247 e. The normalized spacial score (nSPS) is 22.0. The number of nitrogens with one attached hydrogen (secondary N) is 1. The number of hydrogen-bond donors (Lipinski definition) is 1. The van der Waals surface area contributed by atoms with Crippen LogP contribution in [0, 0.1) is 11.7 Å². The van der Waals surface area contributed by atoms with E-state index < -0.39 is 0 Å². The van der Waals surface area contributed by atoms with Gasteiger partial charge in [-0.3, -0.25) is 9.69 Å². The van der Waals surface area contributed by atoms with Gasteiger partial charge in [-0.1, -0.05) is 6.07 Å². The zero-order chi connectivity index (χ0) is 17.9. The van der Waals surface area contributed by atoms with E-state index in [1.807, 2.05) is 24.4 Å². The molecule has 26 heavy (non-hydrogen) atoms. The van der Waals surface area contributed by atoms with Crippen LogP contribution >= 0.6 is 0 Å². The van der Waals surface area contributed by atoms with E-state index in [1.54, 1.807) is 18.2 Å². The Bertz CT molecular complexity index is 760. The second kappa shape index (κ2) is 7.62. The molecule has 2 aliphatic heterocycles. The number of rotatable bonds is 4. The summed E-state index contributed by atoms with van der Waals surface area (Å²) < 4.78 is 13.1. The van der Waals surface area contributed by atoms with E-state index in [1.165, 1.54) is 24.8 Å². The molecular formula is C21H26FN3O. The van der Waals surface area contributed by atoms with Crippen LogP contribution in [-0.2, 0) is 6.42 Å². The van der Waals surface area contributed by atoms with Gasteiger partial charge in [0.15, 0.2) is 0 Å². The molecule has 0 amide bonds. The van der Waals surface area contributed by atoms with Gasteiger partial charge < -0.3 is 9.88 Å². The molecule has 3 heterocycles. The summed E-state index contributed by atoms with van der Waals surface area (Å²) in [4.78, 5) is 18.9. The molecule has 4 rings (SSSR count). The Kier molecular flexibility index (Phi) is 5.07. The Labute approximate surface area is 153 Å². The monoisotopic (exact) mass is 355 g/mol. The molecule has 0 saturated carbocycles. The summed E-state index contributed by atoms with van der Waals surface area (Å²) in [6.45, 7) is 4.38. The molecule has 2 fully saturated rings. The third-order valence-electron chi connectivity index (χ3n) is 5.89. The van der Waals surface area contributed by atoms with Crippen molar-refractivity contribution in [2.45, 2.75) is 31.7 Å². The number of halogens is 1. The highest BCUT2D eigenvalue weighted by Gasteiger charge is 2.30. The van der Waals surface area contributed by atoms with Crippen LogP contribution in [0.3, 0.4) is 0 Å². The number of benzene rings is 1. The summed E-state index contributed by atoms with van der Waals surface area (Å²) in [5, 5.41) is 0. The van der Waals surface area contributed by atoms with Crippen molar-refractivity contribution in [2.24, 2.45) is 5.92 Å². The molecule has 1 atom stereocenters.